The van der Waals surface area contributed by atoms with Crippen LogP contribution < -0.4 is 5.32 Å². The van der Waals surface area contributed by atoms with E-state index in [2.05, 4.69) is 15.5 Å². The predicted molar refractivity (Wildman–Crippen MR) is 87.4 cm³/mol. The van der Waals surface area contributed by atoms with Gasteiger partial charge in [0.05, 0.1) is 12.2 Å². The zero-order valence-electron chi connectivity index (χ0n) is 14.3. The van der Waals surface area contributed by atoms with Gasteiger partial charge in [-0.2, -0.15) is 0 Å². The highest BCUT2D eigenvalue weighted by molar-refractivity contribution is 5.94. The van der Waals surface area contributed by atoms with Crippen LogP contribution in [-0.2, 0) is 17.9 Å². The monoisotopic (exact) mass is 366 g/mol. The molecule has 0 spiro atoms. The lowest BCUT2D eigenvalue weighted by Gasteiger charge is -2.35. The number of nitrogens with one attached hydrogen (secondary N) is 1. The second-order valence-corrected chi connectivity index (χ2v) is 6.22. The maximum Gasteiger partial charge on any atom is 0.254 e. The van der Waals surface area contributed by atoms with Gasteiger partial charge in [0, 0.05) is 25.6 Å². The van der Waals surface area contributed by atoms with Crippen molar-refractivity contribution in [3.63, 3.8) is 0 Å². The van der Waals surface area contributed by atoms with E-state index < -0.39 is 17.5 Å². The van der Waals surface area contributed by atoms with Gasteiger partial charge >= 0.3 is 0 Å². The molecule has 0 aliphatic heterocycles. The van der Waals surface area contributed by atoms with Crippen molar-refractivity contribution in [3.05, 3.63) is 47.0 Å². The number of carbonyl (C=O) groups excluding carboxylic acids is 1. The summed E-state index contributed by atoms with van der Waals surface area (Å²) in [6, 6.07) is 3.36. The van der Waals surface area contributed by atoms with E-state index in [1.54, 1.807) is 7.11 Å². The van der Waals surface area contributed by atoms with Crippen LogP contribution in [-0.4, -0.2) is 45.5 Å². The fourth-order valence-electron chi connectivity index (χ4n) is 3.08. The molecule has 0 unspecified atom stereocenters. The molecule has 26 heavy (non-hydrogen) atoms. The second-order valence-electron chi connectivity index (χ2n) is 6.22. The smallest absolute Gasteiger partial charge is 0.254 e. The topological polar surface area (TPSA) is 89.3 Å². The van der Waals surface area contributed by atoms with Gasteiger partial charge in [0.1, 0.15) is 12.4 Å². The van der Waals surface area contributed by atoms with Crippen molar-refractivity contribution in [1.82, 2.24) is 20.1 Å². The zero-order valence-corrected chi connectivity index (χ0v) is 14.3. The van der Waals surface area contributed by atoms with Gasteiger partial charge in [-0.15, -0.1) is 10.2 Å². The van der Waals surface area contributed by atoms with E-state index in [-0.39, 0.29) is 24.1 Å². The fraction of sp³-hybridized carbons (Fsp3) is 0.471. The molecule has 3 rings (SSSR count). The molecule has 1 aromatic heterocycles. The van der Waals surface area contributed by atoms with E-state index in [1.807, 2.05) is 4.57 Å². The SMILES string of the molecule is COCCn1c(CO)nnc1C1CC(NC(=O)c2cccc(F)c2F)C1. The number of hydrogen-bond acceptors (Lipinski definition) is 5. The van der Waals surface area contributed by atoms with Crippen LogP contribution in [0.25, 0.3) is 0 Å². The first-order valence-corrected chi connectivity index (χ1v) is 8.31. The third-order valence-electron chi connectivity index (χ3n) is 4.55. The number of amides is 1. The van der Waals surface area contributed by atoms with E-state index in [0.717, 1.165) is 11.9 Å². The number of aromatic nitrogens is 3. The summed E-state index contributed by atoms with van der Waals surface area (Å²) in [5.74, 6) is -1.57. The summed E-state index contributed by atoms with van der Waals surface area (Å²) in [7, 11) is 1.59. The van der Waals surface area contributed by atoms with E-state index >= 15 is 0 Å². The van der Waals surface area contributed by atoms with Crippen molar-refractivity contribution >= 4 is 5.91 Å². The Bertz CT molecular complexity index is 790. The molecule has 1 aliphatic rings. The number of aliphatic hydroxyl groups excluding tert-OH is 1. The molecule has 1 amide bonds. The third kappa shape index (κ3) is 3.58. The lowest BCUT2D eigenvalue weighted by Crippen LogP contribution is -2.44. The fourth-order valence-corrected chi connectivity index (χ4v) is 3.08. The Labute approximate surface area is 149 Å². The van der Waals surface area contributed by atoms with Crippen LogP contribution in [0.15, 0.2) is 18.2 Å². The van der Waals surface area contributed by atoms with Gasteiger partial charge in [0.15, 0.2) is 17.5 Å². The first-order valence-electron chi connectivity index (χ1n) is 8.31. The molecular weight excluding hydrogens is 346 g/mol. The number of aliphatic hydroxyl groups is 1. The van der Waals surface area contributed by atoms with Crippen LogP contribution in [0.4, 0.5) is 8.78 Å². The Morgan fingerprint density at radius 3 is 2.85 bits per heavy atom. The average Bonchev–Trinajstić information content (AvgIpc) is 3.00. The number of carbonyl (C=O) groups is 1. The Kier molecular flexibility index (Phi) is 5.58. The molecule has 9 heteroatoms. The van der Waals surface area contributed by atoms with Gasteiger partial charge in [0.2, 0.25) is 0 Å². The highest BCUT2D eigenvalue weighted by Crippen LogP contribution is 2.36. The summed E-state index contributed by atoms with van der Waals surface area (Å²) in [5.41, 5.74) is -0.306. The number of methoxy groups -OCH3 is 1. The molecule has 1 heterocycles. The Morgan fingerprint density at radius 1 is 1.38 bits per heavy atom. The van der Waals surface area contributed by atoms with Crippen molar-refractivity contribution in [3.8, 4) is 0 Å². The molecule has 0 bridgehead atoms. The van der Waals surface area contributed by atoms with Gasteiger partial charge in [-0.1, -0.05) is 6.07 Å². The molecule has 1 aliphatic carbocycles. The van der Waals surface area contributed by atoms with Gasteiger partial charge in [-0.3, -0.25) is 4.79 Å². The molecule has 140 valence electrons. The van der Waals surface area contributed by atoms with E-state index in [9.17, 15) is 18.7 Å². The molecule has 2 N–H and O–H groups in total. The Balaban J connectivity index is 1.62. The summed E-state index contributed by atoms with van der Waals surface area (Å²) >= 11 is 0. The first-order chi connectivity index (χ1) is 12.5. The summed E-state index contributed by atoms with van der Waals surface area (Å²) in [6.45, 7) is 0.767. The van der Waals surface area contributed by atoms with E-state index in [1.165, 1.54) is 12.1 Å². The maximum absolute atomic E-state index is 13.7. The number of benzene rings is 1. The summed E-state index contributed by atoms with van der Waals surface area (Å²) in [6.07, 6.45) is 1.22. The average molecular weight is 366 g/mol. The molecule has 1 aromatic carbocycles. The normalized spacial score (nSPS) is 19.2. The van der Waals surface area contributed by atoms with Crippen LogP contribution in [0.2, 0.25) is 0 Å². The quantitative estimate of drug-likeness (QED) is 0.773. The number of rotatable bonds is 7. The number of ether oxygens (including phenoxy) is 1. The maximum atomic E-state index is 13.7. The minimum Gasteiger partial charge on any atom is -0.388 e. The van der Waals surface area contributed by atoms with Gasteiger partial charge in [-0.25, -0.2) is 8.78 Å². The number of halogens is 2. The van der Waals surface area contributed by atoms with Crippen LogP contribution in [0, 0.1) is 11.6 Å². The van der Waals surface area contributed by atoms with E-state index in [4.69, 9.17) is 4.74 Å². The number of hydrogen-bond donors (Lipinski definition) is 2. The summed E-state index contributed by atoms with van der Waals surface area (Å²) in [5, 5.41) is 20.2. The van der Waals surface area contributed by atoms with Crippen LogP contribution in [0.1, 0.15) is 40.8 Å². The molecule has 0 radical (unpaired) electrons. The highest BCUT2D eigenvalue weighted by atomic mass is 19.2. The third-order valence-corrected chi connectivity index (χ3v) is 4.55. The van der Waals surface area contributed by atoms with Crippen molar-refractivity contribution in [2.75, 3.05) is 13.7 Å². The van der Waals surface area contributed by atoms with Crippen molar-refractivity contribution in [2.24, 2.45) is 0 Å². The molecule has 0 atom stereocenters. The lowest BCUT2D eigenvalue weighted by atomic mass is 9.79. The first kappa shape index (κ1) is 18.4. The van der Waals surface area contributed by atoms with Gasteiger partial charge in [0.25, 0.3) is 5.91 Å². The van der Waals surface area contributed by atoms with Crippen molar-refractivity contribution in [1.29, 1.82) is 0 Å². The standard InChI is InChI=1S/C17H20F2N4O3/c1-26-6-5-23-14(9-24)21-22-16(23)10-7-11(8-10)20-17(25)12-3-2-4-13(18)15(12)19/h2-4,10-11,24H,5-9H2,1H3,(H,20,25). The minimum absolute atomic E-state index is 0.0716. The summed E-state index contributed by atoms with van der Waals surface area (Å²) in [4.78, 5) is 12.1. The molecule has 7 nitrogen and oxygen atoms in total. The molecule has 2 aromatic rings. The zero-order chi connectivity index (χ0) is 18.7. The predicted octanol–water partition coefficient (Wildman–Crippen LogP) is 1.37. The second kappa shape index (κ2) is 7.88. The Hall–Kier alpha value is -2.39. The molecule has 1 fully saturated rings. The van der Waals surface area contributed by atoms with Gasteiger partial charge in [-0.05, 0) is 25.0 Å². The largest absolute Gasteiger partial charge is 0.388 e. The van der Waals surface area contributed by atoms with Crippen LogP contribution in [0.3, 0.4) is 0 Å². The lowest BCUT2D eigenvalue weighted by molar-refractivity contribution is 0.0901. The van der Waals surface area contributed by atoms with E-state index in [0.29, 0.717) is 31.8 Å². The molecular formula is C17H20F2N4O3. The highest BCUT2D eigenvalue weighted by Gasteiger charge is 2.35. The summed E-state index contributed by atoms with van der Waals surface area (Å²) < 4.78 is 33.8. The van der Waals surface area contributed by atoms with Crippen molar-refractivity contribution < 1.29 is 23.4 Å². The Morgan fingerprint density at radius 2 is 2.15 bits per heavy atom. The van der Waals surface area contributed by atoms with Gasteiger partial charge < -0.3 is 19.7 Å². The molecule has 1 saturated carbocycles. The molecule has 0 saturated heterocycles. The number of nitrogens with zero attached hydrogens (tertiary/aromatic N) is 3. The van der Waals surface area contributed by atoms with Crippen LogP contribution >= 0.6 is 0 Å². The minimum atomic E-state index is -1.15. The van der Waals surface area contributed by atoms with Crippen LogP contribution in [0.5, 0.6) is 0 Å². The van der Waals surface area contributed by atoms with Crippen molar-refractivity contribution in [2.45, 2.75) is 38.0 Å².